The first-order valence-corrected chi connectivity index (χ1v) is 7.60. The second-order valence-corrected chi connectivity index (χ2v) is 6.52. The van der Waals surface area contributed by atoms with Crippen LogP contribution in [0.5, 0.6) is 0 Å². The Hall–Kier alpha value is -1.28. The number of hydrogen-bond acceptors (Lipinski definition) is 1. The molecule has 2 aliphatic rings. The zero-order valence-corrected chi connectivity index (χ0v) is 11.8. The topological polar surface area (TPSA) is 19.0 Å². The second-order valence-electron chi connectivity index (χ2n) is 6.52. The van der Waals surface area contributed by atoms with E-state index in [9.17, 15) is 0 Å². The van der Waals surface area contributed by atoms with Gasteiger partial charge >= 0.3 is 0 Å². The summed E-state index contributed by atoms with van der Waals surface area (Å²) >= 11 is 0. The lowest BCUT2D eigenvalue weighted by Gasteiger charge is -2.45. The monoisotopic (exact) mass is 254 g/mol. The predicted octanol–water partition coefficient (Wildman–Crippen LogP) is 4.06. The number of H-pyrrole nitrogens is 1. The predicted molar refractivity (Wildman–Crippen MR) is 79.4 cm³/mol. The van der Waals surface area contributed by atoms with Crippen LogP contribution in [0.1, 0.15) is 49.9 Å². The van der Waals surface area contributed by atoms with E-state index in [1.54, 1.807) is 5.56 Å². The average molecular weight is 254 g/mol. The van der Waals surface area contributed by atoms with Crippen molar-refractivity contribution in [3.8, 4) is 0 Å². The number of nitrogens with zero attached hydrogens (tertiary/aromatic N) is 1. The molecule has 19 heavy (non-hydrogen) atoms. The van der Waals surface area contributed by atoms with E-state index in [-0.39, 0.29) is 0 Å². The summed E-state index contributed by atoms with van der Waals surface area (Å²) in [6.45, 7) is 7.25. The molecule has 2 aliphatic heterocycles. The van der Waals surface area contributed by atoms with Gasteiger partial charge in [0.15, 0.2) is 0 Å². The van der Waals surface area contributed by atoms with Gasteiger partial charge in [-0.15, -0.1) is 0 Å². The molecule has 2 aromatic rings. The fraction of sp³-hybridized carbons (Fsp3) is 0.529. The van der Waals surface area contributed by atoms with Gasteiger partial charge in [0.05, 0.1) is 6.04 Å². The smallest absolute Gasteiger partial charge is 0.0524 e. The quantitative estimate of drug-likeness (QED) is 0.813. The molecule has 1 N–H and O–H groups in total. The summed E-state index contributed by atoms with van der Waals surface area (Å²) in [6, 6.07) is 9.42. The molecular formula is C17H22N2. The number of benzene rings is 1. The van der Waals surface area contributed by atoms with Crippen molar-refractivity contribution in [2.24, 2.45) is 5.92 Å². The van der Waals surface area contributed by atoms with Crippen molar-refractivity contribution in [2.45, 2.75) is 38.6 Å². The summed E-state index contributed by atoms with van der Waals surface area (Å²) in [5.41, 5.74) is 4.46. The van der Waals surface area contributed by atoms with Crippen LogP contribution in [-0.2, 0) is 0 Å². The Morgan fingerprint density at radius 1 is 1.26 bits per heavy atom. The maximum atomic E-state index is 3.73. The van der Waals surface area contributed by atoms with Crippen molar-refractivity contribution in [3.63, 3.8) is 0 Å². The number of fused-ring (bicyclic) bond motifs is 6. The van der Waals surface area contributed by atoms with Crippen LogP contribution in [0, 0.1) is 5.92 Å². The van der Waals surface area contributed by atoms with Gasteiger partial charge in [0.1, 0.15) is 0 Å². The standard InChI is InChI=1S/C17H22N2/c1-11(2)17-16-15(12-6-5-9-19(17)10-12)13-7-3-4-8-14(13)18-16/h3-4,7-8,11-12,17-18H,5-6,9-10H2,1-2H3/t12-,17-/m0/s1. The molecule has 1 aromatic carbocycles. The zero-order valence-electron chi connectivity index (χ0n) is 11.8. The van der Waals surface area contributed by atoms with E-state index in [4.69, 9.17) is 0 Å². The lowest BCUT2D eigenvalue weighted by molar-refractivity contribution is 0.0967. The third-order valence-corrected chi connectivity index (χ3v) is 4.96. The fourth-order valence-electron chi connectivity index (χ4n) is 4.29. The highest BCUT2D eigenvalue weighted by molar-refractivity contribution is 5.85. The molecule has 100 valence electrons. The van der Waals surface area contributed by atoms with Gasteiger partial charge in [0.25, 0.3) is 0 Å². The molecule has 1 saturated heterocycles. The summed E-state index contributed by atoms with van der Waals surface area (Å²) in [7, 11) is 0. The van der Waals surface area contributed by atoms with Crippen molar-refractivity contribution in [2.75, 3.05) is 13.1 Å². The Morgan fingerprint density at radius 3 is 2.95 bits per heavy atom. The molecule has 1 fully saturated rings. The Bertz CT molecular complexity index is 611. The summed E-state index contributed by atoms with van der Waals surface area (Å²) in [6.07, 6.45) is 2.71. The molecule has 0 spiro atoms. The van der Waals surface area contributed by atoms with E-state index in [2.05, 4.69) is 48.0 Å². The number of aromatic nitrogens is 1. The van der Waals surface area contributed by atoms with Gasteiger partial charge in [-0.1, -0.05) is 32.0 Å². The van der Waals surface area contributed by atoms with Crippen molar-refractivity contribution in [1.29, 1.82) is 0 Å². The maximum absolute atomic E-state index is 3.73. The first-order valence-electron chi connectivity index (χ1n) is 7.60. The molecule has 4 rings (SSSR count). The molecule has 2 heteroatoms. The lowest BCUT2D eigenvalue weighted by atomic mass is 9.79. The highest BCUT2D eigenvalue weighted by atomic mass is 15.2. The molecule has 0 aliphatic carbocycles. The number of para-hydroxylation sites is 1. The largest absolute Gasteiger partial charge is 0.357 e. The van der Waals surface area contributed by atoms with Crippen LogP contribution in [0.15, 0.2) is 24.3 Å². The third-order valence-electron chi connectivity index (χ3n) is 4.96. The minimum Gasteiger partial charge on any atom is -0.357 e. The minimum atomic E-state index is 0.582. The summed E-state index contributed by atoms with van der Waals surface area (Å²) in [4.78, 5) is 6.44. The molecule has 2 bridgehead atoms. The van der Waals surface area contributed by atoms with Gasteiger partial charge in [0.2, 0.25) is 0 Å². The summed E-state index contributed by atoms with van der Waals surface area (Å²) in [5.74, 6) is 1.42. The molecule has 0 amide bonds. The van der Waals surface area contributed by atoms with Gasteiger partial charge in [0, 0.05) is 23.1 Å². The highest BCUT2D eigenvalue weighted by Crippen LogP contribution is 2.46. The van der Waals surface area contributed by atoms with Gasteiger partial charge in [-0.2, -0.15) is 0 Å². The molecular weight excluding hydrogens is 232 g/mol. The number of aromatic amines is 1. The fourth-order valence-corrected chi connectivity index (χ4v) is 4.29. The zero-order chi connectivity index (χ0) is 13.0. The van der Waals surface area contributed by atoms with Gasteiger partial charge in [-0.05, 0) is 42.9 Å². The van der Waals surface area contributed by atoms with Crippen LogP contribution in [0.2, 0.25) is 0 Å². The van der Waals surface area contributed by atoms with Crippen molar-refractivity contribution >= 4 is 10.9 Å². The highest BCUT2D eigenvalue weighted by Gasteiger charge is 2.39. The number of nitrogens with one attached hydrogen (secondary N) is 1. The summed E-state index contributed by atoms with van der Waals surface area (Å²) in [5, 5.41) is 1.47. The van der Waals surface area contributed by atoms with E-state index >= 15 is 0 Å². The first-order chi connectivity index (χ1) is 9.25. The first kappa shape index (κ1) is 11.5. The Morgan fingerprint density at radius 2 is 2.11 bits per heavy atom. The molecule has 0 saturated carbocycles. The Labute approximate surface area is 114 Å². The van der Waals surface area contributed by atoms with E-state index in [0.29, 0.717) is 12.0 Å². The normalized spacial score (nSPS) is 29.7. The van der Waals surface area contributed by atoms with Crippen LogP contribution in [-0.4, -0.2) is 23.0 Å². The molecule has 2 nitrogen and oxygen atoms in total. The van der Waals surface area contributed by atoms with Crippen LogP contribution < -0.4 is 0 Å². The third kappa shape index (κ3) is 1.59. The molecule has 0 radical (unpaired) electrons. The van der Waals surface area contributed by atoms with Crippen LogP contribution in [0.25, 0.3) is 10.9 Å². The molecule has 1 unspecified atom stereocenters. The SMILES string of the molecule is CC(C)[C@H]1c2[nH]c3ccccc3c2[C@H]2CCCN1C2. The minimum absolute atomic E-state index is 0.582. The number of hydrogen-bond donors (Lipinski definition) is 1. The lowest BCUT2D eigenvalue weighted by Crippen LogP contribution is -2.43. The molecule has 3 heterocycles. The van der Waals surface area contributed by atoms with Crippen LogP contribution in [0.4, 0.5) is 0 Å². The van der Waals surface area contributed by atoms with E-state index in [1.807, 2.05) is 0 Å². The van der Waals surface area contributed by atoms with Crippen molar-refractivity contribution in [1.82, 2.24) is 9.88 Å². The van der Waals surface area contributed by atoms with Gasteiger partial charge in [-0.3, -0.25) is 4.90 Å². The van der Waals surface area contributed by atoms with E-state index in [1.165, 1.54) is 42.5 Å². The van der Waals surface area contributed by atoms with Crippen LogP contribution in [0.3, 0.4) is 0 Å². The van der Waals surface area contributed by atoms with Crippen molar-refractivity contribution in [3.05, 3.63) is 35.5 Å². The molecule has 1 aromatic heterocycles. The average Bonchev–Trinajstić information content (AvgIpc) is 2.77. The van der Waals surface area contributed by atoms with Gasteiger partial charge < -0.3 is 4.98 Å². The van der Waals surface area contributed by atoms with Crippen molar-refractivity contribution < 1.29 is 0 Å². The molecule has 3 atom stereocenters. The Balaban J connectivity index is 1.98. The van der Waals surface area contributed by atoms with Gasteiger partial charge in [-0.25, -0.2) is 0 Å². The van der Waals surface area contributed by atoms with E-state index < -0.39 is 0 Å². The maximum Gasteiger partial charge on any atom is 0.0524 e. The Kier molecular flexibility index (Phi) is 2.49. The number of rotatable bonds is 1. The summed E-state index contributed by atoms with van der Waals surface area (Å²) < 4.78 is 0. The van der Waals surface area contributed by atoms with E-state index in [0.717, 1.165) is 5.92 Å². The second kappa shape index (κ2) is 4.11. The number of piperidine rings is 1. The van der Waals surface area contributed by atoms with Crippen LogP contribution >= 0.6 is 0 Å².